The van der Waals surface area contributed by atoms with Gasteiger partial charge in [0, 0.05) is 5.92 Å². The molecule has 0 radical (unpaired) electrons. The van der Waals surface area contributed by atoms with Crippen molar-refractivity contribution in [3.05, 3.63) is 0 Å². The molecule has 1 fully saturated rings. The Labute approximate surface area is 47.7 Å². The van der Waals surface area contributed by atoms with Gasteiger partial charge in [-0.2, -0.15) is 0 Å². The van der Waals surface area contributed by atoms with Crippen LogP contribution in [0.5, 0.6) is 0 Å². The van der Waals surface area contributed by atoms with Gasteiger partial charge in [-0.05, 0) is 6.42 Å². The molecule has 0 aromatic rings. The SMILES string of the molecule is C[C@H]1C[C@@H](Cl)C1=O. The smallest absolute Gasteiger partial charge is 0.153 e. The number of carbonyl (C=O) groups is 1. The lowest BCUT2D eigenvalue weighted by Crippen LogP contribution is -2.35. The van der Waals surface area contributed by atoms with E-state index in [1.54, 1.807) is 0 Å². The van der Waals surface area contributed by atoms with Gasteiger partial charge in [0.2, 0.25) is 0 Å². The molecule has 0 aliphatic heterocycles. The summed E-state index contributed by atoms with van der Waals surface area (Å²) in [6.07, 6.45) is 0.875. The van der Waals surface area contributed by atoms with Crippen molar-refractivity contribution in [2.45, 2.75) is 18.7 Å². The van der Waals surface area contributed by atoms with Crippen LogP contribution in [0.2, 0.25) is 0 Å². The Morgan fingerprint density at radius 1 is 1.86 bits per heavy atom. The van der Waals surface area contributed by atoms with Gasteiger partial charge in [0.25, 0.3) is 0 Å². The zero-order valence-corrected chi connectivity index (χ0v) is 4.90. The van der Waals surface area contributed by atoms with Crippen LogP contribution < -0.4 is 0 Å². The van der Waals surface area contributed by atoms with Gasteiger partial charge in [-0.3, -0.25) is 4.79 Å². The zero-order valence-electron chi connectivity index (χ0n) is 4.15. The number of ketones is 1. The van der Waals surface area contributed by atoms with E-state index in [1.165, 1.54) is 0 Å². The van der Waals surface area contributed by atoms with E-state index in [1.807, 2.05) is 6.92 Å². The van der Waals surface area contributed by atoms with Crippen molar-refractivity contribution in [1.82, 2.24) is 0 Å². The lowest BCUT2D eigenvalue weighted by molar-refractivity contribution is -0.127. The van der Waals surface area contributed by atoms with E-state index in [0.29, 0.717) is 0 Å². The number of carbonyl (C=O) groups excluding carboxylic acids is 1. The van der Waals surface area contributed by atoms with Crippen LogP contribution in [0.3, 0.4) is 0 Å². The Morgan fingerprint density at radius 2 is 2.43 bits per heavy atom. The molecule has 2 heteroatoms. The number of Topliss-reactive ketones (excluding diaryl/α,β-unsaturated/α-hetero) is 1. The molecule has 0 N–H and O–H groups in total. The molecule has 1 rings (SSSR count). The summed E-state index contributed by atoms with van der Waals surface area (Å²) < 4.78 is 0. The Bertz CT molecular complexity index is 90.3. The first-order chi connectivity index (χ1) is 3.22. The molecule has 7 heavy (non-hydrogen) atoms. The average Bonchev–Trinajstić information content (AvgIpc) is 1.68. The van der Waals surface area contributed by atoms with Crippen LogP contribution in [0, 0.1) is 5.92 Å². The molecule has 1 aliphatic carbocycles. The second-order valence-corrected chi connectivity index (χ2v) is 2.53. The predicted molar refractivity (Wildman–Crippen MR) is 28.4 cm³/mol. The Balaban J connectivity index is 2.44. The third-order valence-corrected chi connectivity index (χ3v) is 1.75. The topological polar surface area (TPSA) is 17.1 Å². The summed E-state index contributed by atoms with van der Waals surface area (Å²) in [4.78, 5) is 10.4. The molecule has 1 nitrogen and oxygen atoms in total. The van der Waals surface area contributed by atoms with E-state index >= 15 is 0 Å². The van der Waals surface area contributed by atoms with Crippen molar-refractivity contribution in [2.75, 3.05) is 0 Å². The average molecular weight is 119 g/mol. The van der Waals surface area contributed by atoms with E-state index in [4.69, 9.17) is 11.6 Å². The van der Waals surface area contributed by atoms with Crippen LogP contribution in [0.1, 0.15) is 13.3 Å². The van der Waals surface area contributed by atoms with Crippen LogP contribution >= 0.6 is 11.6 Å². The summed E-state index contributed by atoms with van der Waals surface area (Å²) >= 11 is 5.44. The van der Waals surface area contributed by atoms with Crippen molar-refractivity contribution in [3.8, 4) is 0 Å². The molecule has 0 spiro atoms. The summed E-state index contributed by atoms with van der Waals surface area (Å²) in [5.41, 5.74) is 0. The zero-order chi connectivity index (χ0) is 5.44. The van der Waals surface area contributed by atoms with Crippen molar-refractivity contribution < 1.29 is 4.79 Å². The van der Waals surface area contributed by atoms with Crippen molar-refractivity contribution in [3.63, 3.8) is 0 Å². The normalized spacial score (nSPS) is 40.6. The third kappa shape index (κ3) is 0.653. The lowest BCUT2D eigenvalue weighted by Gasteiger charge is -2.24. The van der Waals surface area contributed by atoms with Crippen molar-refractivity contribution in [2.24, 2.45) is 5.92 Å². The first-order valence-corrected chi connectivity index (χ1v) is 2.83. The summed E-state index contributed by atoms with van der Waals surface area (Å²) in [6.45, 7) is 1.90. The molecule has 0 heterocycles. The predicted octanol–water partition coefficient (Wildman–Crippen LogP) is 1.20. The highest BCUT2D eigenvalue weighted by atomic mass is 35.5. The second-order valence-electron chi connectivity index (χ2n) is 2.01. The fourth-order valence-electron chi connectivity index (χ4n) is 0.691. The quantitative estimate of drug-likeness (QED) is 0.437. The minimum Gasteiger partial charge on any atom is -0.298 e. The molecule has 0 amide bonds. The summed E-state index contributed by atoms with van der Waals surface area (Å²) in [5.74, 6) is 0.448. The first kappa shape index (κ1) is 5.10. The highest BCUT2D eigenvalue weighted by Crippen LogP contribution is 2.26. The fraction of sp³-hybridized carbons (Fsp3) is 0.800. The molecule has 0 bridgehead atoms. The standard InChI is InChI=1S/C5H7ClO/c1-3-2-4(6)5(3)7/h3-4H,2H2,1H3/t3-,4+/m0/s1. The van der Waals surface area contributed by atoms with Crippen LogP contribution in [0.15, 0.2) is 0 Å². The molecular formula is C5H7ClO. The number of hydrogen-bond acceptors (Lipinski definition) is 1. The van der Waals surface area contributed by atoms with Crippen LogP contribution in [0.4, 0.5) is 0 Å². The minimum absolute atomic E-state index is 0.157. The minimum atomic E-state index is -0.157. The summed E-state index contributed by atoms with van der Waals surface area (Å²) in [5, 5.41) is -0.157. The van der Waals surface area contributed by atoms with E-state index in [0.717, 1.165) is 6.42 Å². The number of rotatable bonds is 0. The molecule has 40 valence electrons. The van der Waals surface area contributed by atoms with Gasteiger partial charge in [-0.25, -0.2) is 0 Å². The van der Waals surface area contributed by atoms with Crippen LogP contribution in [0.25, 0.3) is 0 Å². The van der Waals surface area contributed by atoms with Gasteiger partial charge in [0.15, 0.2) is 5.78 Å². The largest absolute Gasteiger partial charge is 0.298 e. The molecule has 0 aromatic heterocycles. The third-order valence-electron chi connectivity index (χ3n) is 1.35. The van der Waals surface area contributed by atoms with Crippen LogP contribution in [-0.2, 0) is 4.79 Å². The number of hydrogen-bond donors (Lipinski definition) is 0. The molecule has 0 saturated heterocycles. The monoisotopic (exact) mass is 118 g/mol. The molecule has 2 atom stereocenters. The van der Waals surface area contributed by atoms with Gasteiger partial charge in [0.1, 0.15) is 0 Å². The number of alkyl halides is 1. The van der Waals surface area contributed by atoms with Crippen molar-refractivity contribution >= 4 is 17.4 Å². The van der Waals surface area contributed by atoms with E-state index in [9.17, 15) is 4.79 Å². The summed E-state index contributed by atoms with van der Waals surface area (Å²) in [6, 6.07) is 0. The molecule has 0 unspecified atom stereocenters. The second kappa shape index (κ2) is 1.48. The van der Waals surface area contributed by atoms with Crippen molar-refractivity contribution in [1.29, 1.82) is 0 Å². The fourth-order valence-corrected chi connectivity index (χ4v) is 1.17. The molecule has 0 aromatic carbocycles. The maximum Gasteiger partial charge on any atom is 0.153 e. The highest BCUT2D eigenvalue weighted by molar-refractivity contribution is 6.33. The molecule has 1 aliphatic rings. The Hall–Kier alpha value is -0.0400. The molecular weight excluding hydrogens is 112 g/mol. The number of halogens is 1. The van der Waals surface area contributed by atoms with E-state index < -0.39 is 0 Å². The van der Waals surface area contributed by atoms with Gasteiger partial charge in [-0.15, -0.1) is 11.6 Å². The van der Waals surface area contributed by atoms with Gasteiger partial charge in [-0.1, -0.05) is 6.92 Å². The van der Waals surface area contributed by atoms with Gasteiger partial charge >= 0.3 is 0 Å². The molecule has 1 saturated carbocycles. The van der Waals surface area contributed by atoms with Gasteiger partial charge in [0.05, 0.1) is 5.38 Å². The van der Waals surface area contributed by atoms with E-state index in [2.05, 4.69) is 0 Å². The van der Waals surface area contributed by atoms with Crippen LogP contribution in [-0.4, -0.2) is 11.2 Å². The maximum atomic E-state index is 10.4. The Morgan fingerprint density at radius 3 is 2.43 bits per heavy atom. The Kier molecular flexibility index (Phi) is 1.08. The lowest BCUT2D eigenvalue weighted by atomic mass is 9.85. The first-order valence-electron chi connectivity index (χ1n) is 2.39. The van der Waals surface area contributed by atoms with E-state index in [-0.39, 0.29) is 17.1 Å². The van der Waals surface area contributed by atoms with Gasteiger partial charge < -0.3 is 0 Å². The maximum absolute atomic E-state index is 10.4. The summed E-state index contributed by atoms with van der Waals surface area (Å²) in [7, 11) is 0. The highest BCUT2D eigenvalue weighted by Gasteiger charge is 2.33.